The number of benzene rings is 2. The largest absolute Gasteiger partial charge is 0.497 e. The van der Waals surface area contributed by atoms with Crippen LogP contribution >= 0.6 is 0 Å². The Morgan fingerprint density at radius 2 is 1.75 bits per heavy atom. The summed E-state index contributed by atoms with van der Waals surface area (Å²) in [6.45, 7) is 4.51. The quantitative estimate of drug-likeness (QED) is 0.340. The molecule has 3 N–H and O–H groups in total. The number of hydrogen-bond donors (Lipinski definition) is 3. The fourth-order valence-electron chi connectivity index (χ4n) is 2.47. The van der Waals surface area contributed by atoms with Crippen molar-refractivity contribution in [2.24, 2.45) is 0 Å². The lowest BCUT2D eigenvalue weighted by Crippen LogP contribution is -2.46. The molecule has 2 amide bonds. The summed E-state index contributed by atoms with van der Waals surface area (Å²) in [6, 6.07) is 11.8. The Bertz CT molecular complexity index is 1010. The molecule has 174 valence electrons. The fourth-order valence-corrected chi connectivity index (χ4v) is 3.58. The highest BCUT2D eigenvalue weighted by Crippen LogP contribution is 2.20. The number of anilines is 1. The van der Waals surface area contributed by atoms with Crippen LogP contribution in [0, 0.1) is 0 Å². The summed E-state index contributed by atoms with van der Waals surface area (Å²) in [5, 5.41) is 0. The third-order valence-electron chi connectivity index (χ3n) is 4.22. The van der Waals surface area contributed by atoms with E-state index >= 15 is 0 Å². The smallest absolute Gasteiger partial charge is 0.269 e. The zero-order chi connectivity index (χ0) is 23.6. The summed E-state index contributed by atoms with van der Waals surface area (Å²) < 4.78 is 43.2. The Hall–Kier alpha value is -3.15. The van der Waals surface area contributed by atoms with Gasteiger partial charge >= 0.3 is 0 Å². The molecule has 32 heavy (non-hydrogen) atoms. The van der Waals surface area contributed by atoms with E-state index in [1.807, 2.05) is 6.92 Å². The molecule has 0 aromatic heterocycles. The van der Waals surface area contributed by atoms with E-state index in [0.717, 1.165) is 0 Å². The average Bonchev–Trinajstić information content (AvgIpc) is 2.80. The molecule has 11 heteroatoms. The standard InChI is InChI=1S/C21H27N3O7S/c1-4-30-12-13-31-15(2)20(25)22-23-21(26)16-6-5-7-19(14-16)32(27,28)24-17-8-10-18(29-3)11-9-17/h5-11,14-15,24H,4,12-13H2,1-3H3,(H,22,25)(H,23,26). The first-order valence-corrected chi connectivity index (χ1v) is 11.3. The summed E-state index contributed by atoms with van der Waals surface area (Å²) >= 11 is 0. The Balaban J connectivity index is 1.97. The minimum Gasteiger partial charge on any atom is -0.497 e. The van der Waals surface area contributed by atoms with Gasteiger partial charge in [0.05, 0.1) is 25.2 Å². The maximum atomic E-state index is 12.7. The van der Waals surface area contributed by atoms with Crippen molar-refractivity contribution in [2.45, 2.75) is 24.8 Å². The molecule has 2 aromatic rings. The molecule has 1 atom stereocenters. The van der Waals surface area contributed by atoms with Gasteiger partial charge in [-0.3, -0.25) is 25.2 Å². The molecular formula is C21H27N3O7S. The van der Waals surface area contributed by atoms with Gasteiger partial charge in [-0.25, -0.2) is 8.42 Å². The van der Waals surface area contributed by atoms with Crippen LogP contribution in [0.25, 0.3) is 0 Å². The number of methoxy groups -OCH3 is 1. The Labute approximate surface area is 187 Å². The van der Waals surface area contributed by atoms with Gasteiger partial charge in [0.2, 0.25) is 0 Å². The van der Waals surface area contributed by atoms with Crippen LogP contribution in [0.4, 0.5) is 5.69 Å². The molecule has 2 rings (SSSR count). The van der Waals surface area contributed by atoms with Crippen LogP contribution in [0.1, 0.15) is 24.2 Å². The van der Waals surface area contributed by atoms with Gasteiger partial charge in [-0.15, -0.1) is 0 Å². The van der Waals surface area contributed by atoms with Crippen LogP contribution in [-0.4, -0.2) is 53.3 Å². The molecule has 2 aromatic carbocycles. The second-order valence-corrected chi connectivity index (χ2v) is 8.20. The number of carbonyl (C=O) groups is 2. The predicted octanol–water partition coefficient (Wildman–Crippen LogP) is 1.70. The molecule has 0 bridgehead atoms. The van der Waals surface area contributed by atoms with E-state index in [-0.39, 0.29) is 17.1 Å². The van der Waals surface area contributed by atoms with Crippen molar-refractivity contribution in [3.05, 3.63) is 54.1 Å². The maximum Gasteiger partial charge on any atom is 0.269 e. The Morgan fingerprint density at radius 3 is 2.41 bits per heavy atom. The van der Waals surface area contributed by atoms with Crippen molar-refractivity contribution in [3.63, 3.8) is 0 Å². The lowest BCUT2D eigenvalue weighted by Gasteiger charge is -2.14. The van der Waals surface area contributed by atoms with Gasteiger partial charge in [0, 0.05) is 17.9 Å². The van der Waals surface area contributed by atoms with E-state index in [9.17, 15) is 18.0 Å². The van der Waals surface area contributed by atoms with Gasteiger partial charge in [0.25, 0.3) is 21.8 Å². The first-order chi connectivity index (χ1) is 15.3. The van der Waals surface area contributed by atoms with E-state index in [4.69, 9.17) is 14.2 Å². The Kier molecular flexibility index (Phi) is 9.44. The van der Waals surface area contributed by atoms with Crippen LogP contribution in [0.3, 0.4) is 0 Å². The fraction of sp³-hybridized carbons (Fsp3) is 0.333. The second kappa shape index (κ2) is 12.0. The van der Waals surface area contributed by atoms with Crippen molar-refractivity contribution in [1.82, 2.24) is 10.9 Å². The van der Waals surface area contributed by atoms with Gasteiger partial charge < -0.3 is 14.2 Å². The highest BCUT2D eigenvalue weighted by atomic mass is 32.2. The molecule has 0 aliphatic rings. The monoisotopic (exact) mass is 465 g/mol. The first kappa shape index (κ1) is 25.1. The number of hydrazine groups is 1. The van der Waals surface area contributed by atoms with Crippen LogP contribution in [0.2, 0.25) is 0 Å². The van der Waals surface area contributed by atoms with Crippen LogP contribution in [-0.2, 0) is 24.3 Å². The molecule has 0 fully saturated rings. The van der Waals surface area contributed by atoms with Gasteiger partial charge in [0.15, 0.2) is 0 Å². The average molecular weight is 466 g/mol. The lowest BCUT2D eigenvalue weighted by molar-refractivity contribution is -0.133. The SMILES string of the molecule is CCOCCOC(C)C(=O)NNC(=O)c1cccc(S(=O)(=O)Nc2ccc(OC)cc2)c1. The second-order valence-electron chi connectivity index (χ2n) is 6.52. The van der Waals surface area contributed by atoms with E-state index < -0.39 is 27.9 Å². The first-order valence-electron chi connectivity index (χ1n) is 9.83. The minimum atomic E-state index is -3.94. The van der Waals surface area contributed by atoms with E-state index in [2.05, 4.69) is 15.6 Å². The van der Waals surface area contributed by atoms with Gasteiger partial charge in [-0.05, 0) is 56.3 Å². The summed E-state index contributed by atoms with van der Waals surface area (Å²) in [7, 11) is -2.43. The molecule has 0 saturated heterocycles. The highest BCUT2D eigenvalue weighted by Gasteiger charge is 2.18. The number of sulfonamides is 1. The lowest BCUT2D eigenvalue weighted by atomic mass is 10.2. The van der Waals surface area contributed by atoms with Crippen molar-refractivity contribution in [2.75, 3.05) is 31.7 Å². The summed E-state index contributed by atoms with van der Waals surface area (Å²) in [5.41, 5.74) is 4.88. The summed E-state index contributed by atoms with van der Waals surface area (Å²) in [5.74, 6) is -0.649. The Morgan fingerprint density at radius 1 is 1.03 bits per heavy atom. The number of ether oxygens (including phenoxy) is 3. The molecule has 0 heterocycles. The van der Waals surface area contributed by atoms with Gasteiger partial charge in [-0.2, -0.15) is 0 Å². The van der Waals surface area contributed by atoms with E-state index in [0.29, 0.717) is 24.7 Å². The number of amides is 2. The molecule has 0 spiro atoms. The van der Waals surface area contributed by atoms with Crippen LogP contribution in [0.5, 0.6) is 5.75 Å². The number of carbonyl (C=O) groups excluding carboxylic acids is 2. The third-order valence-corrected chi connectivity index (χ3v) is 5.60. The molecule has 0 aliphatic carbocycles. The molecule has 0 aliphatic heterocycles. The van der Waals surface area contributed by atoms with Crippen molar-refractivity contribution in [1.29, 1.82) is 0 Å². The van der Waals surface area contributed by atoms with Crippen molar-refractivity contribution >= 4 is 27.5 Å². The number of hydrogen-bond acceptors (Lipinski definition) is 7. The third kappa shape index (κ3) is 7.52. The number of nitrogens with one attached hydrogen (secondary N) is 3. The molecule has 0 radical (unpaired) electrons. The molecule has 1 unspecified atom stereocenters. The zero-order valence-corrected chi connectivity index (χ0v) is 18.9. The van der Waals surface area contributed by atoms with Gasteiger partial charge in [0.1, 0.15) is 11.9 Å². The number of rotatable bonds is 11. The minimum absolute atomic E-state index is 0.0489. The highest BCUT2D eigenvalue weighted by molar-refractivity contribution is 7.92. The van der Waals surface area contributed by atoms with Crippen LogP contribution in [0.15, 0.2) is 53.4 Å². The van der Waals surface area contributed by atoms with Crippen molar-refractivity contribution in [3.8, 4) is 5.75 Å². The summed E-state index contributed by atoms with van der Waals surface area (Å²) in [6.07, 6.45) is -0.809. The van der Waals surface area contributed by atoms with Crippen molar-refractivity contribution < 1.29 is 32.2 Å². The van der Waals surface area contributed by atoms with Gasteiger partial charge in [-0.1, -0.05) is 6.07 Å². The maximum absolute atomic E-state index is 12.7. The topological polar surface area (TPSA) is 132 Å². The molecule has 0 saturated carbocycles. The van der Waals surface area contributed by atoms with E-state index in [1.54, 1.807) is 24.3 Å². The molecular weight excluding hydrogens is 438 g/mol. The molecule has 10 nitrogen and oxygen atoms in total. The normalized spacial score (nSPS) is 12.0. The zero-order valence-electron chi connectivity index (χ0n) is 18.1. The van der Waals surface area contributed by atoms with E-state index in [1.165, 1.54) is 38.3 Å². The summed E-state index contributed by atoms with van der Waals surface area (Å²) in [4.78, 5) is 24.3. The van der Waals surface area contributed by atoms with Crippen LogP contribution < -0.4 is 20.3 Å². The predicted molar refractivity (Wildman–Crippen MR) is 118 cm³/mol.